The fourth-order valence-corrected chi connectivity index (χ4v) is 4.76. The van der Waals surface area contributed by atoms with Gasteiger partial charge >= 0.3 is 0 Å². The van der Waals surface area contributed by atoms with Crippen LogP contribution >= 0.6 is 33.2 Å². The van der Waals surface area contributed by atoms with E-state index >= 15 is 0 Å². The summed E-state index contributed by atoms with van der Waals surface area (Å²) < 4.78 is 0. The van der Waals surface area contributed by atoms with Crippen LogP contribution in [0.3, 0.4) is 0 Å². The van der Waals surface area contributed by atoms with Crippen LogP contribution < -0.4 is 0 Å². The van der Waals surface area contributed by atoms with E-state index in [-0.39, 0.29) is 24.0 Å². The molecule has 0 spiro atoms. The van der Waals surface area contributed by atoms with Gasteiger partial charge < -0.3 is 0 Å². The van der Waals surface area contributed by atoms with Gasteiger partial charge in [-0.1, -0.05) is 136 Å². The molecule has 0 aliphatic carbocycles. The van der Waals surface area contributed by atoms with Gasteiger partial charge in [0.15, 0.2) is 0 Å². The summed E-state index contributed by atoms with van der Waals surface area (Å²) in [5.74, 6) is 0. The molecule has 0 aliphatic rings. The molecule has 0 aromatic rings. The second kappa shape index (κ2) is 23.4. The Bertz CT molecular complexity index is 226. The lowest BCUT2D eigenvalue weighted by Crippen LogP contribution is -2.20. The molecule has 1 atom stereocenters. The van der Waals surface area contributed by atoms with Crippen molar-refractivity contribution in [2.75, 3.05) is 0 Å². The van der Waals surface area contributed by atoms with E-state index in [0.717, 1.165) is 0 Å². The number of hydrogen-bond donors (Lipinski definition) is 0. The average molecular weight is 513 g/mol. The first-order valence-electron chi connectivity index (χ1n) is 12.5. The fraction of sp³-hybridized carbons (Fsp3) is 1.00. The number of rotatable bonds is 21. The lowest BCUT2D eigenvalue weighted by Gasteiger charge is -2.30. The zero-order valence-electron chi connectivity index (χ0n) is 19.3. The number of hydrogen-bond acceptors (Lipinski definition) is 0. The van der Waals surface area contributed by atoms with Gasteiger partial charge in [-0.05, 0) is 24.4 Å². The molecule has 0 nitrogen and oxygen atoms in total. The highest BCUT2D eigenvalue weighted by Gasteiger charge is 2.23. The van der Waals surface area contributed by atoms with Gasteiger partial charge in [-0.15, -0.1) is 33.2 Å². The Morgan fingerprint density at radius 2 is 0.630 bits per heavy atom. The van der Waals surface area contributed by atoms with Crippen molar-refractivity contribution in [1.29, 1.82) is 0 Å². The van der Waals surface area contributed by atoms with Crippen LogP contribution in [0.25, 0.3) is 0 Å². The van der Waals surface area contributed by atoms with E-state index in [1.165, 1.54) is 135 Å². The SMILES string of the molecule is CCCCCCCCC(P)(CCCCCCCC)CCCCCCCC.I. The Morgan fingerprint density at radius 1 is 0.407 bits per heavy atom. The standard InChI is InChI=1S/C25H53P.HI/c1-4-7-10-13-16-19-22-25(26,23-20-17-14-11-8-5-2)24-21-18-15-12-9-6-3;/h4-24,26H2,1-3H3;1H. The first kappa shape index (κ1) is 30.4. The van der Waals surface area contributed by atoms with Crippen LogP contribution in [0.2, 0.25) is 0 Å². The molecule has 0 aliphatic heterocycles. The highest BCUT2D eigenvalue weighted by atomic mass is 127. The van der Waals surface area contributed by atoms with Gasteiger partial charge in [-0.2, -0.15) is 0 Å². The Morgan fingerprint density at radius 3 is 0.889 bits per heavy atom. The normalized spacial score (nSPS) is 11.6. The third-order valence-electron chi connectivity index (χ3n) is 6.08. The van der Waals surface area contributed by atoms with E-state index in [0.29, 0.717) is 5.16 Å². The molecule has 27 heavy (non-hydrogen) atoms. The van der Waals surface area contributed by atoms with Crippen LogP contribution in [0.4, 0.5) is 0 Å². The Hall–Kier alpha value is 1.16. The predicted octanol–water partition coefficient (Wildman–Crippen LogP) is 10.5. The van der Waals surface area contributed by atoms with E-state index in [4.69, 9.17) is 0 Å². The van der Waals surface area contributed by atoms with Crippen molar-refractivity contribution in [3.8, 4) is 0 Å². The fourth-order valence-electron chi connectivity index (χ4n) is 4.15. The largest absolute Gasteiger partial charge is 0.131 e. The van der Waals surface area contributed by atoms with Gasteiger partial charge in [0.05, 0.1) is 0 Å². The van der Waals surface area contributed by atoms with E-state index in [1.54, 1.807) is 0 Å². The average Bonchev–Trinajstić information content (AvgIpc) is 2.64. The maximum absolute atomic E-state index is 3.34. The van der Waals surface area contributed by atoms with Gasteiger partial charge in [0.25, 0.3) is 0 Å². The summed E-state index contributed by atoms with van der Waals surface area (Å²) in [5, 5.41) is 0.556. The summed E-state index contributed by atoms with van der Waals surface area (Å²) in [5.41, 5.74) is 0. The van der Waals surface area contributed by atoms with Crippen molar-refractivity contribution < 1.29 is 0 Å². The molecule has 0 fully saturated rings. The molecule has 2 heteroatoms. The molecular formula is C25H54IP. The van der Waals surface area contributed by atoms with Gasteiger partial charge in [0.1, 0.15) is 0 Å². The second-order valence-corrected chi connectivity index (χ2v) is 10.1. The van der Waals surface area contributed by atoms with Crippen molar-refractivity contribution in [2.24, 2.45) is 0 Å². The molecule has 0 bridgehead atoms. The summed E-state index contributed by atoms with van der Waals surface area (Å²) in [6, 6.07) is 0. The van der Waals surface area contributed by atoms with Crippen molar-refractivity contribution in [1.82, 2.24) is 0 Å². The monoisotopic (exact) mass is 512 g/mol. The van der Waals surface area contributed by atoms with Crippen LogP contribution in [0.5, 0.6) is 0 Å². The first-order valence-corrected chi connectivity index (χ1v) is 13.0. The zero-order valence-corrected chi connectivity index (χ0v) is 22.8. The molecule has 0 rings (SSSR count). The summed E-state index contributed by atoms with van der Waals surface area (Å²) in [7, 11) is 3.34. The Labute approximate surface area is 193 Å². The lowest BCUT2D eigenvalue weighted by molar-refractivity contribution is 0.402. The number of unbranched alkanes of at least 4 members (excludes halogenated alkanes) is 15. The lowest BCUT2D eigenvalue weighted by atomic mass is 9.88. The minimum atomic E-state index is 0. The second-order valence-electron chi connectivity index (χ2n) is 8.92. The van der Waals surface area contributed by atoms with Gasteiger partial charge in [-0.25, -0.2) is 0 Å². The quantitative estimate of drug-likeness (QED) is 0.0815. The molecule has 0 saturated carbocycles. The summed E-state index contributed by atoms with van der Waals surface area (Å²) in [6.07, 6.45) is 30.2. The van der Waals surface area contributed by atoms with E-state index in [2.05, 4.69) is 30.0 Å². The minimum Gasteiger partial charge on any atom is -0.131 e. The molecule has 0 saturated heterocycles. The summed E-state index contributed by atoms with van der Waals surface area (Å²) in [6.45, 7) is 6.94. The summed E-state index contributed by atoms with van der Waals surface area (Å²) >= 11 is 0. The molecule has 166 valence electrons. The molecule has 1 unspecified atom stereocenters. The van der Waals surface area contributed by atoms with Crippen LogP contribution in [0, 0.1) is 0 Å². The highest BCUT2D eigenvalue weighted by Crippen LogP contribution is 2.37. The van der Waals surface area contributed by atoms with E-state index in [1.807, 2.05) is 0 Å². The topological polar surface area (TPSA) is 0 Å². The zero-order chi connectivity index (χ0) is 19.3. The first-order chi connectivity index (χ1) is 12.7. The maximum atomic E-state index is 3.34. The molecule has 0 aromatic heterocycles. The molecular weight excluding hydrogens is 458 g/mol. The van der Waals surface area contributed by atoms with Gasteiger partial charge in [0.2, 0.25) is 0 Å². The third kappa shape index (κ3) is 21.7. The Balaban J connectivity index is 0. The number of halogens is 1. The molecule has 0 amide bonds. The minimum absolute atomic E-state index is 0. The van der Waals surface area contributed by atoms with Crippen molar-refractivity contribution >= 4 is 33.2 Å². The van der Waals surface area contributed by atoms with Crippen molar-refractivity contribution in [3.05, 3.63) is 0 Å². The molecule has 0 radical (unpaired) electrons. The van der Waals surface area contributed by atoms with Crippen LogP contribution in [0.15, 0.2) is 0 Å². The smallest absolute Gasteiger partial charge is 0.0150 e. The van der Waals surface area contributed by atoms with Crippen LogP contribution in [-0.4, -0.2) is 5.16 Å². The van der Waals surface area contributed by atoms with Crippen LogP contribution in [0.1, 0.15) is 156 Å². The highest BCUT2D eigenvalue weighted by molar-refractivity contribution is 14.0. The third-order valence-corrected chi connectivity index (χ3v) is 6.95. The van der Waals surface area contributed by atoms with E-state index < -0.39 is 0 Å². The Kier molecular flexibility index (Phi) is 26.4. The molecule has 0 N–H and O–H groups in total. The summed E-state index contributed by atoms with van der Waals surface area (Å²) in [4.78, 5) is 0. The predicted molar refractivity (Wildman–Crippen MR) is 142 cm³/mol. The molecule has 0 aromatic carbocycles. The van der Waals surface area contributed by atoms with Gasteiger partial charge in [0, 0.05) is 0 Å². The van der Waals surface area contributed by atoms with E-state index in [9.17, 15) is 0 Å². The van der Waals surface area contributed by atoms with Gasteiger partial charge in [-0.3, -0.25) is 0 Å². The van der Waals surface area contributed by atoms with Crippen LogP contribution in [-0.2, 0) is 0 Å². The van der Waals surface area contributed by atoms with Crippen molar-refractivity contribution in [2.45, 2.75) is 161 Å². The maximum Gasteiger partial charge on any atom is -0.0150 e. The van der Waals surface area contributed by atoms with Crippen molar-refractivity contribution in [3.63, 3.8) is 0 Å². The molecule has 0 heterocycles.